The van der Waals surface area contributed by atoms with E-state index in [2.05, 4.69) is 15.5 Å². The molecule has 0 aliphatic carbocycles. The molecule has 10 nitrogen and oxygen atoms in total. The van der Waals surface area contributed by atoms with Gasteiger partial charge in [0.25, 0.3) is 5.91 Å². The normalized spacial score (nSPS) is 19.4. The van der Waals surface area contributed by atoms with Gasteiger partial charge in [-0.05, 0) is 30.5 Å². The van der Waals surface area contributed by atoms with Crippen molar-refractivity contribution in [1.82, 2.24) is 29.8 Å². The number of aromatic amines is 1. The Labute approximate surface area is 191 Å². The number of nitrogens with one attached hydrogen (secondary N) is 2. The van der Waals surface area contributed by atoms with E-state index in [9.17, 15) is 14.4 Å². The van der Waals surface area contributed by atoms with E-state index in [1.54, 1.807) is 30.4 Å². The summed E-state index contributed by atoms with van der Waals surface area (Å²) in [5.74, 6) is -0.0880. The summed E-state index contributed by atoms with van der Waals surface area (Å²) in [5.41, 5.74) is 3.11. The van der Waals surface area contributed by atoms with Gasteiger partial charge in [0.05, 0.1) is 24.5 Å². The minimum absolute atomic E-state index is 0.0184. The van der Waals surface area contributed by atoms with Gasteiger partial charge in [0, 0.05) is 50.8 Å². The zero-order valence-corrected chi connectivity index (χ0v) is 18.5. The third-order valence-electron chi connectivity index (χ3n) is 6.53. The Bertz CT molecular complexity index is 1090. The SMILES string of the molecule is CN1CN(CC(=O)N2CCC(N3Cc4ccccc4NC3=O)CC2)C=C(c2ccn[nH]2)C1=O. The van der Waals surface area contributed by atoms with Crippen LogP contribution in [0.25, 0.3) is 5.57 Å². The number of rotatable bonds is 4. The van der Waals surface area contributed by atoms with E-state index in [1.165, 1.54) is 0 Å². The first-order valence-electron chi connectivity index (χ1n) is 11.1. The maximum Gasteiger partial charge on any atom is 0.322 e. The monoisotopic (exact) mass is 449 g/mol. The topological polar surface area (TPSA) is 105 Å². The van der Waals surface area contributed by atoms with Crippen LogP contribution in [-0.2, 0) is 16.1 Å². The zero-order valence-electron chi connectivity index (χ0n) is 18.5. The maximum atomic E-state index is 13.0. The van der Waals surface area contributed by atoms with Crippen LogP contribution in [0.3, 0.4) is 0 Å². The second kappa shape index (κ2) is 8.61. The molecule has 1 saturated heterocycles. The fourth-order valence-electron chi connectivity index (χ4n) is 4.73. The van der Waals surface area contributed by atoms with Gasteiger partial charge < -0.3 is 24.9 Å². The highest BCUT2D eigenvalue weighted by Gasteiger charge is 2.33. The Kier molecular flexibility index (Phi) is 5.49. The average Bonchev–Trinajstić information content (AvgIpc) is 3.36. The fraction of sp³-hybridized carbons (Fsp3) is 0.391. The van der Waals surface area contributed by atoms with Crippen molar-refractivity contribution >= 4 is 29.1 Å². The number of para-hydroxylation sites is 1. The third-order valence-corrected chi connectivity index (χ3v) is 6.53. The molecular weight excluding hydrogens is 422 g/mol. The largest absolute Gasteiger partial charge is 0.350 e. The summed E-state index contributed by atoms with van der Waals surface area (Å²) in [6.45, 7) is 2.35. The third kappa shape index (κ3) is 4.15. The highest BCUT2D eigenvalue weighted by atomic mass is 16.2. The maximum absolute atomic E-state index is 13.0. The highest BCUT2D eigenvalue weighted by Crippen LogP contribution is 2.28. The van der Waals surface area contributed by atoms with Gasteiger partial charge in [-0.1, -0.05) is 18.2 Å². The number of fused-ring (bicyclic) bond motifs is 1. The number of anilines is 1. The van der Waals surface area contributed by atoms with Gasteiger partial charge in [0.1, 0.15) is 0 Å². The summed E-state index contributed by atoms with van der Waals surface area (Å²) in [5, 5.41) is 9.71. The molecule has 2 N–H and O–H groups in total. The Morgan fingerprint density at radius 3 is 2.70 bits per heavy atom. The van der Waals surface area contributed by atoms with Crippen LogP contribution in [-0.4, -0.2) is 87.0 Å². The summed E-state index contributed by atoms with van der Waals surface area (Å²) in [4.78, 5) is 45.3. The number of amides is 4. The van der Waals surface area contributed by atoms with Gasteiger partial charge >= 0.3 is 6.03 Å². The predicted octanol–water partition coefficient (Wildman–Crippen LogP) is 1.52. The highest BCUT2D eigenvalue weighted by molar-refractivity contribution is 6.19. The quantitative estimate of drug-likeness (QED) is 0.737. The first-order chi connectivity index (χ1) is 16.0. The standard InChI is InChI=1S/C23H27N7O3/c1-27-15-28(13-18(22(27)32)20-6-9-24-26-20)14-21(31)29-10-7-17(8-11-29)30-12-16-4-2-3-5-19(16)25-23(30)33/h2-6,9,13,17H,7-8,10-12,14-15H2,1H3,(H,24,26)(H,25,33). The second-order valence-corrected chi connectivity index (χ2v) is 8.73. The van der Waals surface area contributed by atoms with Gasteiger partial charge in [-0.15, -0.1) is 0 Å². The Balaban J connectivity index is 1.19. The van der Waals surface area contributed by atoms with Crippen molar-refractivity contribution in [3.63, 3.8) is 0 Å². The molecule has 0 saturated carbocycles. The van der Waals surface area contributed by atoms with Crippen LogP contribution < -0.4 is 5.32 Å². The van der Waals surface area contributed by atoms with E-state index in [1.807, 2.05) is 39.0 Å². The van der Waals surface area contributed by atoms with Crippen LogP contribution in [0.2, 0.25) is 0 Å². The Morgan fingerprint density at radius 2 is 1.94 bits per heavy atom. The molecule has 0 bridgehead atoms. The number of carbonyl (C=O) groups is 3. The number of urea groups is 1. The van der Waals surface area contributed by atoms with E-state index in [0.29, 0.717) is 37.6 Å². The van der Waals surface area contributed by atoms with Gasteiger partial charge in [-0.25, -0.2) is 4.79 Å². The molecule has 2 aromatic rings. The first kappa shape index (κ1) is 21.0. The Hall–Kier alpha value is -3.82. The minimum Gasteiger partial charge on any atom is -0.350 e. The van der Waals surface area contributed by atoms with Crippen LogP contribution in [0.5, 0.6) is 0 Å². The smallest absolute Gasteiger partial charge is 0.322 e. The van der Waals surface area contributed by atoms with Crippen LogP contribution in [0.1, 0.15) is 24.1 Å². The molecular formula is C23H27N7O3. The van der Waals surface area contributed by atoms with E-state index in [0.717, 1.165) is 24.1 Å². The summed E-state index contributed by atoms with van der Waals surface area (Å²) in [7, 11) is 1.72. The van der Waals surface area contributed by atoms with Gasteiger partial charge in [-0.2, -0.15) is 5.10 Å². The summed E-state index contributed by atoms with van der Waals surface area (Å²) in [6, 6.07) is 9.62. The molecule has 4 amide bonds. The van der Waals surface area contributed by atoms with E-state index in [-0.39, 0.29) is 30.4 Å². The number of carbonyl (C=O) groups excluding carboxylic acids is 3. The summed E-state index contributed by atoms with van der Waals surface area (Å²) >= 11 is 0. The van der Waals surface area contributed by atoms with Crippen molar-refractivity contribution in [2.24, 2.45) is 0 Å². The number of likely N-dealkylation sites (N-methyl/N-ethyl adjacent to an activating group) is 1. The number of hydrogen-bond donors (Lipinski definition) is 2. The lowest BCUT2D eigenvalue weighted by Gasteiger charge is -2.41. The lowest BCUT2D eigenvalue weighted by Crippen LogP contribution is -2.52. The predicted molar refractivity (Wildman–Crippen MR) is 122 cm³/mol. The van der Waals surface area contributed by atoms with Crippen molar-refractivity contribution in [2.45, 2.75) is 25.4 Å². The molecule has 3 aliphatic heterocycles. The fourth-order valence-corrected chi connectivity index (χ4v) is 4.73. The van der Waals surface area contributed by atoms with Crippen LogP contribution in [0.15, 0.2) is 42.7 Å². The Morgan fingerprint density at radius 1 is 1.15 bits per heavy atom. The number of nitrogens with zero attached hydrogens (tertiary/aromatic N) is 5. The first-order valence-corrected chi connectivity index (χ1v) is 11.1. The number of aromatic nitrogens is 2. The van der Waals surface area contributed by atoms with Crippen molar-refractivity contribution in [2.75, 3.05) is 38.7 Å². The van der Waals surface area contributed by atoms with Crippen LogP contribution >= 0.6 is 0 Å². The molecule has 0 radical (unpaired) electrons. The molecule has 172 valence electrons. The number of hydrogen-bond acceptors (Lipinski definition) is 5. The number of piperidine rings is 1. The second-order valence-electron chi connectivity index (χ2n) is 8.73. The van der Waals surface area contributed by atoms with Gasteiger partial charge in [-0.3, -0.25) is 14.7 Å². The summed E-state index contributed by atoms with van der Waals surface area (Å²) < 4.78 is 0. The van der Waals surface area contributed by atoms with Crippen molar-refractivity contribution in [3.8, 4) is 0 Å². The van der Waals surface area contributed by atoms with Crippen LogP contribution in [0.4, 0.5) is 10.5 Å². The number of benzene rings is 1. The average molecular weight is 450 g/mol. The molecule has 0 atom stereocenters. The molecule has 33 heavy (non-hydrogen) atoms. The molecule has 5 rings (SSSR count). The van der Waals surface area contributed by atoms with Crippen molar-refractivity contribution < 1.29 is 14.4 Å². The number of H-pyrrole nitrogens is 1. The van der Waals surface area contributed by atoms with Gasteiger partial charge in [0.15, 0.2) is 0 Å². The van der Waals surface area contributed by atoms with Crippen LogP contribution in [0, 0.1) is 0 Å². The molecule has 1 fully saturated rings. The molecule has 0 spiro atoms. The van der Waals surface area contributed by atoms with Gasteiger partial charge in [0.2, 0.25) is 5.91 Å². The zero-order chi connectivity index (χ0) is 22.9. The lowest BCUT2D eigenvalue weighted by atomic mass is 10.0. The van der Waals surface area contributed by atoms with Crippen molar-refractivity contribution in [3.05, 3.63) is 54.0 Å². The summed E-state index contributed by atoms with van der Waals surface area (Å²) in [6.07, 6.45) is 4.82. The molecule has 10 heteroatoms. The molecule has 0 unspecified atom stereocenters. The molecule has 3 aliphatic rings. The molecule has 1 aromatic carbocycles. The number of likely N-dealkylation sites (tertiary alicyclic amines) is 1. The lowest BCUT2D eigenvalue weighted by molar-refractivity contribution is -0.135. The van der Waals surface area contributed by atoms with E-state index < -0.39 is 0 Å². The van der Waals surface area contributed by atoms with E-state index >= 15 is 0 Å². The molecule has 4 heterocycles. The van der Waals surface area contributed by atoms with Crippen molar-refractivity contribution in [1.29, 1.82) is 0 Å². The van der Waals surface area contributed by atoms with E-state index in [4.69, 9.17) is 0 Å². The minimum atomic E-state index is -0.106. The molecule has 1 aromatic heterocycles.